The van der Waals surface area contributed by atoms with Gasteiger partial charge in [0.2, 0.25) is 0 Å². The molecule has 68 valence electrons. The first-order valence-corrected chi connectivity index (χ1v) is 5.19. The van der Waals surface area contributed by atoms with Crippen molar-refractivity contribution in [3.05, 3.63) is 11.1 Å². The predicted molar refractivity (Wildman–Crippen MR) is 53.0 cm³/mol. The maximum Gasteiger partial charge on any atom is -0.0144 e. The monoisotopic (exact) mass is 164 g/mol. The third-order valence-electron chi connectivity index (χ3n) is 4.30. The van der Waals surface area contributed by atoms with Gasteiger partial charge in [0.05, 0.1) is 0 Å². The van der Waals surface area contributed by atoms with E-state index in [4.69, 9.17) is 0 Å². The second kappa shape index (κ2) is 2.37. The molecular weight excluding hydrogens is 144 g/mol. The molecule has 0 spiro atoms. The normalized spacial score (nSPS) is 37.5. The molecule has 0 nitrogen and oxygen atoms in total. The molecule has 0 aromatic rings. The Morgan fingerprint density at radius 1 is 1.33 bits per heavy atom. The van der Waals surface area contributed by atoms with Crippen LogP contribution in [0.25, 0.3) is 0 Å². The van der Waals surface area contributed by atoms with Crippen molar-refractivity contribution in [2.24, 2.45) is 17.3 Å². The fourth-order valence-corrected chi connectivity index (χ4v) is 3.20. The van der Waals surface area contributed by atoms with Crippen LogP contribution in [-0.4, -0.2) is 0 Å². The van der Waals surface area contributed by atoms with Gasteiger partial charge in [0, 0.05) is 0 Å². The molecule has 0 saturated heterocycles. The smallest absolute Gasteiger partial charge is 0.0144 e. The van der Waals surface area contributed by atoms with Crippen LogP contribution in [0.4, 0.5) is 0 Å². The van der Waals surface area contributed by atoms with Crippen LogP contribution >= 0.6 is 0 Å². The predicted octanol–water partition coefficient (Wildman–Crippen LogP) is 3.78. The Kier molecular flexibility index (Phi) is 1.65. The van der Waals surface area contributed by atoms with Gasteiger partial charge in [-0.25, -0.2) is 0 Å². The molecule has 3 fully saturated rings. The SMILES string of the molecule is CC(C)=C1CC[C@H]2C[C@@H]1C2(C)C. The van der Waals surface area contributed by atoms with Gasteiger partial charge in [-0.05, 0) is 50.4 Å². The average Bonchev–Trinajstić information content (AvgIpc) is 2.04. The Labute approximate surface area is 76.1 Å². The van der Waals surface area contributed by atoms with Crippen molar-refractivity contribution in [3.8, 4) is 0 Å². The highest BCUT2D eigenvalue weighted by atomic mass is 14.6. The Morgan fingerprint density at radius 2 is 2.00 bits per heavy atom. The zero-order valence-corrected chi connectivity index (χ0v) is 8.78. The Balaban J connectivity index is 2.28. The molecule has 0 aromatic carbocycles. The molecule has 12 heavy (non-hydrogen) atoms. The van der Waals surface area contributed by atoms with Gasteiger partial charge in [0.15, 0.2) is 0 Å². The van der Waals surface area contributed by atoms with Gasteiger partial charge in [-0.3, -0.25) is 0 Å². The van der Waals surface area contributed by atoms with Crippen LogP contribution in [0, 0.1) is 17.3 Å². The summed E-state index contributed by atoms with van der Waals surface area (Å²) in [6.07, 6.45) is 4.32. The van der Waals surface area contributed by atoms with Crippen LogP contribution in [0.3, 0.4) is 0 Å². The molecule has 0 aromatic heterocycles. The lowest BCUT2D eigenvalue weighted by atomic mass is 9.47. The largest absolute Gasteiger partial charge is 0.0769 e. The molecule has 0 amide bonds. The fraction of sp³-hybridized carbons (Fsp3) is 0.833. The summed E-state index contributed by atoms with van der Waals surface area (Å²) < 4.78 is 0. The second-order valence-electron chi connectivity index (χ2n) is 5.37. The van der Waals surface area contributed by atoms with Gasteiger partial charge in [-0.2, -0.15) is 0 Å². The third kappa shape index (κ3) is 0.901. The van der Waals surface area contributed by atoms with Crippen molar-refractivity contribution >= 4 is 0 Å². The highest BCUT2D eigenvalue weighted by molar-refractivity contribution is 5.25. The minimum Gasteiger partial charge on any atom is -0.0769 e. The van der Waals surface area contributed by atoms with Gasteiger partial charge >= 0.3 is 0 Å². The molecule has 0 unspecified atom stereocenters. The molecule has 0 heteroatoms. The van der Waals surface area contributed by atoms with Gasteiger partial charge in [-0.1, -0.05) is 25.0 Å². The molecule has 3 aliphatic rings. The van der Waals surface area contributed by atoms with Crippen molar-refractivity contribution in [2.75, 3.05) is 0 Å². The average molecular weight is 164 g/mol. The molecule has 0 aliphatic heterocycles. The molecule has 2 atom stereocenters. The standard InChI is InChI=1S/C12H20/c1-8(2)10-6-5-9-7-11(10)12(9,3)4/h9,11H,5-7H2,1-4H3/t9-,11-/m0/s1. The highest BCUT2D eigenvalue weighted by Crippen LogP contribution is 2.61. The summed E-state index contributed by atoms with van der Waals surface area (Å²) in [5, 5.41) is 0. The van der Waals surface area contributed by atoms with Gasteiger partial charge < -0.3 is 0 Å². The van der Waals surface area contributed by atoms with E-state index in [2.05, 4.69) is 27.7 Å². The molecule has 3 saturated carbocycles. The molecule has 2 bridgehead atoms. The number of rotatable bonds is 0. The highest BCUT2D eigenvalue weighted by Gasteiger charge is 2.52. The number of fused-ring (bicyclic) bond motifs is 2. The number of allylic oxidation sites excluding steroid dienone is 2. The van der Waals surface area contributed by atoms with Crippen molar-refractivity contribution in [2.45, 2.75) is 47.0 Å². The molecule has 3 aliphatic carbocycles. The summed E-state index contributed by atoms with van der Waals surface area (Å²) in [6, 6.07) is 0. The van der Waals surface area contributed by atoms with E-state index in [0.717, 1.165) is 11.8 Å². The minimum atomic E-state index is 0.630. The molecular formula is C12H20. The van der Waals surface area contributed by atoms with Gasteiger partial charge in [-0.15, -0.1) is 0 Å². The third-order valence-corrected chi connectivity index (χ3v) is 4.30. The molecule has 0 N–H and O–H groups in total. The number of hydrogen-bond acceptors (Lipinski definition) is 0. The summed E-state index contributed by atoms with van der Waals surface area (Å²) in [4.78, 5) is 0. The van der Waals surface area contributed by atoms with Crippen LogP contribution in [0.15, 0.2) is 11.1 Å². The van der Waals surface area contributed by atoms with Gasteiger partial charge in [0.1, 0.15) is 0 Å². The Hall–Kier alpha value is -0.260. The van der Waals surface area contributed by atoms with E-state index < -0.39 is 0 Å². The number of hydrogen-bond donors (Lipinski definition) is 0. The van der Waals surface area contributed by atoms with Crippen LogP contribution < -0.4 is 0 Å². The van der Waals surface area contributed by atoms with Crippen molar-refractivity contribution in [1.29, 1.82) is 0 Å². The van der Waals surface area contributed by atoms with Crippen LogP contribution in [0.5, 0.6) is 0 Å². The zero-order chi connectivity index (χ0) is 8.93. The summed E-state index contributed by atoms with van der Waals surface area (Å²) in [5.41, 5.74) is 4.00. The fourth-order valence-electron chi connectivity index (χ4n) is 3.20. The zero-order valence-electron chi connectivity index (χ0n) is 8.78. The summed E-state index contributed by atoms with van der Waals surface area (Å²) in [5.74, 6) is 1.96. The molecule has 0 radical (unpaired) electrons. The summed E-state index contributed by atoms with van der Waals surface area (Å²) in [6.45, 7) is 9.47. The van der Waals surface area contributed by atoms with E-state index in [1.807, 2.05) is 0 Å². The Morgan fingerprint density at radius 3 is 2.33 bits per heavy atom. The summed E-state index contributed by atoms with van der Waals surface area (Å²) in [7, 11) is 0. The van der Waals surface area contributed by atoms with E-state index in [-0.39, 0.29) is 0 Å². The lowest BCUT2D eigenvalue weighted by Gasteiger charge is -2.58. The topological polar surface area (TPSA) is 0 Å². The lowest BCUT2D eigenvalue weighted by Crippen LogP contribution is -2.49. The minimum absolute atomic E-state index is 0.630. The van der Waals surface area contributed by atoms with Crippen molar-refractivity contribution in [1.82, 2.24) is 0 Å². The second-order valence-corrected chi connectivity index (χ2v) is 5.37. The maximum absolute atomic E-state index is 2.45. The van der Waals surface area contributed by atoms with E-state index >= 15 is 0 Å². The van der Waals surface area contributed by atoms with Crippen LogP contribution in [0.1, 0.15) is 47.0 Å². The lowest BCUT2D eigenvalue weighted by molar-refractivity contribution is -0.0285. The van der Waals surface area contributed by atoms with Crippen molar-refractivity contribution in [3.63, 3.8) is 0 Å². The van der Waals surface area contributed by atoms with Crippen LogP contribution in [0.2, 0.25) is 0 Å². The van der Waals surface area contributed by atoms with Crippen molar-refractivity contribution < 1.29 is 0 Å². The first-order valence-electron chi connectivity index (χ1n) is 5.19. The van der Waals surface area contributed by atoms with E-state index in [9.17, 15) is 0 Å². The Bertz CT molecular complexity index is 226. The van der Waals surface area contributed by atoms with E-state index in [0.29, 0.717) is 5.41 Å². The van der Waals surface area contributed by atoms with Crippen LogP contribution in [-0.2, 0) is 0 Å². The molecule has 3 rings (SSSR count). The maximum atomic E-state index is 2.45. The van der Waals surface area contributed by atoms with Gasteiger partial charge in [0.25, 0.3) is 0 Å². The van der Waals surface area contributed by atoms with E-state index in [1.54, 1.807) is 11.1 Å². The van der Waals surface area contributed by atoms with E-state index in [1.165, 1.54) is 19.3 Å². The first kappa shape index (κ1) is 8.34. The molecule has 0 heterocycles. The first-order chi connectivity index (χ1) is 5.53. The quantitative estimate of drug-likeness (QED) is 0.478. The summed E-state index contributed by atoms with van der Waals surface area (Å²) >= 11 is 0.